The molecule has 1 aliphatic heterocycles. The number of nitrogens with zero attached hydrogens (tertiary/aromatic N) is 3. The molecule has 0 bridgehead atoms. The molecular formula is C16H24N4O2. The van der Waals surface area contributed by atoms with Crippen LogP contribution in [0.2, 0.25) is 0 Å². The molecule has 0 aliphatic carbocycles. The van der Waals surface area contributed by atoms with E-state index in [2.05, 4.69) is 17.2 Å². The summed E-state index contributed by atoms with van der Waals surface area (Å²) < 4.78 is 1.87. The van der Waals surface area contributed by atoms with Crippen LogP contribution in [0.3, 0.4) is 0 Å². The molecule has 1 aromatic rings. The molecule has 2 rings (SSSR count). The summed E-state index contributed by atoms with van der Waals surface area (Å²) in [6.07, 6.45) is 9.41. The Morgan fingerprint density at radius 1 is 1.45 bits per heavy atom. The first-order chi connectivity index (χ1) is 10.6. The molecule has 0 aromatic carbocycles. The van der Waals surface area contributed by atoms with E-state index in [1.54, 1.807) is 18.1 Å². The van der Waals surface area contributed by atoms with Crippen molar-refractivity contribution in [2.75, 3.05) is 13.6 Å². The van der Waals surface area contributed by atoms with Crippen molar-refractivity contribution in [2.45, 2.75) is 32.2 Å². The van der Waals surface area contributed by atoms with Crippen molar-refractivity contribution < 1.29 is 9.59 Å². The lowest BCUT2D eigenvalue weighted by Gasteiger charge is -2.37. The number of rotatable bonds is 5. The predicted octanol–water partition coefficient (Wildman–Crippen LogP) is 1.41. The lowest BCUT2D eigenvalue weighted by molar-refractivity contribution is -0.142. The highest BCUT2D eigenvalue weighted by Gasteiger charge is 2.40. The van der Waals surface area contributed by atoms with Crippen molar-refractivity contribution in [1.82, 2.24) is 19.8 Å². The smallest absolute Gasteiger partial charge is 0.225 e. The molecule has 0 unspecified atom stereocenters. The number of carbonyl (C=O) groups is 2. The number of carbonyl (C=O) groups excluding carboxylic acids is 2. The van der Waals surface area contributed by atoms with Gasteiger partial charge in [0.2, 0.25) is 11.8 Å². The van der Waals surface area contributed by atoms with Gasteiger partial charge in [-0.15, -0.1) is 0 Å². The molecule has 1 fully saturated rings. The Kier molecular flexibility index (Phi) is 5.35. The zero-order chi connectivity index (χ0) is 16.1. The molecule has 2 heterocycles. The summed E-state index contributed by atoms with van der Waals surface area (Å²) >= 11 is 0. The van der Waals surface area contributed by atoms with Gasteiger partial charge in [0, 0.05) is 39.5 Å². The minimum absolute atomic E-state index is 0.0203. The third kappa shape index (κ3) is 3.37. The Hall–Kier alpha value is -2.11. The summed E-state index contributed by atoms with van der Waals surface area (Å²) in [5.74, 6) is 0.523. The molecule has 6 heteroatoms. The van der Waals surface area contributed by atoms with Crippen LogP contribution in [0.1, 0.15) is 38.1 Å². The predicted molar refractivity (Wildman–Crippen MR) is 83.9 cm³/mol. The summed E-state index contributed by atoms with van der Waals surface area (Å²) in [5, 5.41) is 2.93. The first-order valence-corrected chi connectivity index (χ1v) is 7.71. The van der Waals surface area contributed by atoms with Crippen molar-refractivity contribution in [3.05, 3.63) is 30.4 Å². The van der Waals surface area contributed by atoms with Crippen LogP contribution in [0.5, 0.6) is 0 Å². The molecule has 1 aliphatic rings. The molecule has 0 saturated carbocycles. The van der Waals surface area contributed by atoms with Gasteiger partial charge in [-0.1, -0.05) is 19.1 Å². The highest BCUT2D eigenvalue weighted by molar-refractivity contribution is 5.84. The van der Waals surface area contributed by atoms with Crippen LogP contribution < -0.4 is 5.32 Å². The minimum atomic E-state index is -0.309. The summed E-state index contributed by atoms with van der Waals surface area (Å²) in [6.45, 7) is 2.57. The second-order valence-corrected chi connectivity index (χ2v) is 5.62. The lowest BCUT2D eigenvalue weighted by atomic mass is 9.87. The van der Waals surface area contributed by atoms with Crippen molar-refractivity contribution in [1.29, 1.82) is 0 Å². The van der Waals surface area contributed by atoms with Crippen molar-refractivity contribution >= 4 is 11.8 Å². The summed E-state index contributed by atoms with van der Waals surface area (Å²) in [5.41, 5.74) is 0. The van der Waals surface area contributed by atoms with Gasteiger partial charge in [0.1, 0.15) is 11.9 Å². The highest BCUT2D eigenvalue weighted by atomic mass is 16.2. The van der Waals surface area contributed by atoms with Crippen LogP contribution in [-0.4, -0.2) is 39.9 Å². The van der Waals surface area contributed by atoms with Gasteiger partial charge in [-0.05, 0) is 12.8 Å². The van der Waals surface area contributed by atoms with Crippen LogP contribution in [0.4, 0.5) is 0 Å². The number of hydrogen-bond acceptors (Lipinski definition) is 3. The highest BCUT2D eigenvalue weighted by Crippen LogP contribution is 2.34. The molecule has 6 nitrogen and oxygen atoms in total. The zero-order valence-corrected chi connectivity index (χ0v) is 13.5. The average molecular weight is 304 g/mol. The number of nitrogens with one attached hydrogen (secondary N) is 1. The third-order valence-electron chi connectivity index (χ3n) is 4.12. The third-order valence-corrected chi connectivity index (χ3v) is 4.12. The lowest BCUT2D eigenvalue weighted by Crippen LogP contribution is -2.47. The number of hydrogen-bond donors (Lipinski definition) is 1. The number of aryl methyl sites for hydroxylation is 1. The zero-order valence-electron chi connectivity index (χ0n) is 13.5. The quantitative estimate of drug-likeness (QED) is 0.836. The largest absolute Gasteiger partial charge is 0.352 e. The molecule has 1 aromatic heterocycles. The van der Waals surface area contributed by atoms with Gasteiger partial charge in [0.05, 0.1) is 5.92 Å². The van der Waals surface area contributed by atoms with E-state index in [-0.39, 0.29) is 23.8 Å². The first-order valence-electron chi connectivity index (χ1n) is 7.71. The second kappa shape index (κ2) is 7.24. The maximum absolute atomic E-state index is 12.5. The Morgan fingerprint density at radius 3 is 2.86 bits per heavy atom. The molecule has 1 N–H and O–H groups in total. The molecule has 2 atom stereocenters. The standard InChI is InChI=1S/C16H24N4O2/c1-4-5-6-9-18-16(22)12-7-8-13(21)20(3)14(12)15-17-10-11-19(15)2/h5-6,10-12,14H,4,7-9H2,1-3H3,(H,18,22)/b6-5+/t12-,14-/m0/s1. The SMILES string of the molecule is CC/C=C/CNC(=O)[C@H]1CCC(=O)N(C)[C@@H]1c1nccn1C. The fraction of sp³-hybridized carbons (Fsp3) is 0.562. The first kappa shape index (κ1) is 16.3. The van der Waals surface area contributed by atoms with Crippen molar-refractivity contribution in [2.24, 2.45) is 13.0 Å². The molecule has 0 radical (unpaired) electrons. The van der Waals surface area contributed by atoms with E-state index in [9.17, 15) is 9.59 Å². The van der Waals surface area contributed by atoms with Crippen LogP contribution in [-0.2, 0) is 16.6 Å². The van der Waals surface area contributed by atoms with Gasteiger partial charge < -0.3 is 14.8 Å². The van der Waals surface area contributed by atoms with E-state index in [4.69, 9.17) is 0 Å². The molecule has 120 valence electrons. The maximum atomic E-state index is 12.5. The van der Waals surface area contributed by atoms with Gasteiger partial charge >= 0.3 is 0 Å². The molecular weight excluding hydrogens is 280 g/mol. The van der Waals surface area contributed by atoms with Gasteiger partial charge in [-0.3, -0.25) is 9.59 Å². The van der Waals surface area contributed by atoms with Gasteiger partial charge in [0.15, 0.2) is 0 Å². The van der Waals surface area contributed by atoms with Crippen LogP contribution in [0, 0.1) is 5.92 Å². The van der Waals surface area contributed by atoms with E-state index < -0.39 is 0 Å². The van der Waals surface area contributed by atoms with E-state index >= 15 is 0 Å². The van der Waals surface area contributed by atoms with E-state index in [0.29, 0.717) is 19.4 Å². The maximum Gasteiger partial charge on any atom is 0.225 e. The summed E-state index contributed by atoms with van der Waals surface area (Å²) in [7, 11) is 3.63. The van der Waals surface area contributed by atoms with Crippen LogP contribution in [0.15, 0.2) is 24.5 Å². The van der Waals surface area contributed by atoms with Crippen molar-refractivity contribution in [3.63, 3.8) is 0 Å². The van der Waals surface area contributed by atoms with Gasteiger partial charge in [-0.2, -0.15) is 0 Å². The number of likely N-dealkylation sites (tertiary alicyclic amines) is 1. The number of imidazole rings is 1. The van der Waals surface area contributed by atoms with E-state index in [1.807, 2.05) is 30.0 Å². The van der Waals surface area contributed by atoms with Gasteiger partial charge in [0.25, 0.3) is 0 Å². The molecule has 1 saturated heterocycles. The number of piperidine rings is 1. The number of aromatic nitrogens is 2. The van der Waals surface area contributed by atoms with Crippen LogP contribution >= 0.6 is 0 Å². The number of amides is 2. The van der Waals surface area contributed by atoms with Crippen LogP contribution in [0.25, 0.3) is 0 Å². The number of allylic oxidation sites excluding steroid dienone is 1. The average Bonchev–Trinajstić information content (AvgIpc) is 2.92. The Morgan fingerprint density at radius 2 is 2.23 bits per heavy atom. The Labute approximate surface area is 131 Å². The summed E-state index contributed by atoms with van der Waals surface area (Å²) in [4.78, 5) is 30.5. The normalized spacial score (nSPS) is 22.3. The van der Waals surface area contributed by atoms with E-state index in [1.165, 1.54) is 0 Å². The fourth-order valence-electron chi connectivity index (χ4n) is 2.87. The topological polar surface area (TPSA) is 67.2 Å². The van der Waals surface area contributed by atoms with Gasteiger partial charge in [-0.25, -0.2) is 4.98 Å². The molecule has 0 spiro atoms. The van der Waals surface area contributed by atoms with Crippen molar-refractivity contribution in [3.8, 4) is 0 Å². The molecule has 2 amide bonds. The minimum Gasteiger partial charge on any atom is -0.352 e. The summed E-state index contributed by atoms with van der Waals surface area (Å²) in [6, 6.07) is -0.309. The monoisotopic (exact) mass is 304 g/mol. The fourth-order valence-corrected chi connectivity index (χ4v) is 2.87. The van der Waals surface area contributed by atoms with E-state index in [0.717, 1.165) is 12.2 Å². The molecule has 22 heavy (non-hydrogen) atoms. The Balaban J connectivity index is 2.16. The Bertz CT molecular complexity index is 564. The second-order valence-electron chi connectivity index (χ2n) is 5.62.